The van der Waals surface area contributed by atoms with Crippen molar-refractivity contribution >= 4 is 22.6 Å². The van der Waals surface area contributed by atoms with E-state index >= 15 is 0 Å². The molecular weight excluding hydrogens is 392 g/mol. The number of fused-ring (bicyclic) bond motifs is 1. The minimum absolute atomic E-state index is 0.0267. The quantitative estimate of drug-likeness (QED) is 0.481. The van der Waals surface area contributed by atoms with Gasteiger partial charge in [-0.2, -0.15) is 0 Å². The van der Waals surface area contributed by atoms with Crippen LogP contribution in [0.4, 0.5) is 0 Å². The van der Waals surface area contributed by atoms with Gasteiger partial charge in [-0.1, -0.05) is 12.1 Å². The predicted octanol–water partition coefficient (Wildman–Crippen LogP) is 4.60. The number of aromatic amines is 1. The number of benzene rings is 2. The molecule has 0 aliphatic heterocycles. The van der Waals surface area contributed by atoms with Crippen molar-refractivity contribution in [2.45, 2.75) is 31.6 Å². The summed E-state index contributed by atoms with van der Waals surface area (Å²) >= 11 is 0. The maximum Gasteiger partial charge on any atom is 0.241 e. The van der Waals surface area contributed by atoms with Crippen molar-refractivity contribution < 1.29 is 14.3 Å². The summed E-state index contributed by atoms with van der Waals surface area (Å²) in [5, 5.41) is 0. The largest absolute Gasteiger partial charge is 0.437 e. The van der Waals surface area contributed by atoms with Crippen molar-refractivity contribution in [2.75, 3.05) is 0 Å². The van der Waals surface area contributed by atoms with Gasteiger partial charge >= 0.3 is 0 Å². The normalized spacial score (nSPS) is 16.4. The fourth-order valence-electron chi connectivity index (χ4n) is 3.94. The number of hydrogen-bond acceptors (Lipinski definition) is 6. The zero-order valence-corrected chi connectivity index (χ0v) is 16.7. The van der Waals surface area contributed by atoms with E-state index in [2.05, 4.69) is 19.9 Å². The first kappa shape index (κ1) is 19.1. The first-order chi connectivity index (χ1) is 15.2. The van der Waals surface area contributed by atoms with Crippen LogP contribution >= 0.6 is 0 Å². The molecule has 7 nitrogen and oxygen atoms in total. The predicted molar refractivity (Wildman–Crippen MR) is 114 cm³/mol. The summed E-state index contributed by atoms with van der Waals surface area (Å²) in [5.74, 6) is 1.33. The highest BCUT2D eigenvalue weighted by Crippen LogP contribution is 2.35. The number of para-hydroxylation sites is 2. The van der Waals surface area contributed by atoms with Gasteiger partial charge in [0.05, 0.1) is 11.0 Å². The molecule has 0 amide bonds. The second-order valence-electron chi connectivity index (χ2n) is 7.64. The van der Waals surface area contributed by atoms with E-state index in [0.29, 0.717) is 41.6 Å². The van der Waals surface area contributed by atoms with Crippen LogP contribution in [0, 0.1) is 0 Å². The van der Waals surface area contributed by atoms with Crippen LogP contribution in [-0.2, 0) is 4.79 Å². The summed E-state index contributed by atoms with van der Waals surface area (Å²) in [6.45, 7) is 0. The number of carbonyl (C=O) groups is 2. The number of aromatic nitrogens is 4. The van der Waals surface area contributed by atoms with Crippen LogP contribution in [0.25, 0.3) is 11.0 Å². The zero-order chi connectivity index (χ0) is 21.2. The number of nitrogens with one attached hydrogen (secondary N) is 1. The maximum atomic E-state index is 12.8. The van der Waals surface area contributed by atoms with Crippen molar-refractivity contribution in [1.29, 1.82) is 0 Å². The highest BCUT2D eigenvalue weighted by Gasteiger charge is 2.26. The smallest absolute Gasteiger partial charge is 0.241 e. The Hall–Kier alpha value is -3.87. The molecule has 154 valence electrons. The zero-order valence-electron chi connectivity index (χ0n) is 16.7. The van der Waals surface area contributed by atoms with Crippen LogP contribution in [0.15, 0.2) is 60.9 Å². The number of carbonyl (C=O) groups excluding carboxylic acids is 2. The van der Waals surface area contributed by atoms with Crippen molar-refractivity contribution in [3.8, 4) is 11.6 Å². The van der Waals surface area contributed by atoms with Gasteiger partial charge in [-0.15, -0.1) is 0 Å². The molecule has 0 radical (unpaired) electrons. The van der Waals surface area contributed by atoms with Gasteiger partial charge < -0.3 is 9.72 Å². The van der Waals surface area contributed by atoms with Crippen molar-refractivity contribution in [2.24, 2.45) is 0 Å². The summed E-state index contributed by atoms with van der Waals surface area (Å²) in [4.78, 5) is 40.8. The van der Waals surface area contributed by atoms with Crippen molar-refractivity contribution in [3.05, 3.63) is 78.0 Å². The third-order valence-corrected chi connectivity index (χ3v) is 5.50. The average molecular weight is 412 g/mol. The first-order valence-electron chi connectivity index (χ1n) is 10.3. The summed E-state index contributed by atoms with van der Waals surface area (Å²) < 4.78 is 5.97. The Kier molecular flexibility index (Phi) is 5.00. The van der Waals surface area contributed by atoms with Crippen LogP contribution < -0.4 is 4.74 Å². The Balaban J connectivity index is 1.35. The Bertz CT molecular complexity index is 1230. The Morgan fingerprint density at radius 3 is 2.65 bits per heavy atom. The van der Waals surface area contributed by atoms with E-state index in [4.69, 9.17) is 4.74 Å². The van der Waals surface area contributed by atoms with Gasteiger partial charge in [0.25, 0.3) is 0 Å². The first-order valence-corrected chi connectivity index (χ1v) is 10.3. The molecule has 1 saturated carbocycles. The molecule has 5 rings (SSSR count). The summed E-state index contributed by atoms with van der Waals surface area (Å²) in [6, 6.07) is 14.4. The maximum absolute atomic E-state index is 12.8. The van der Waals surface area contributed by atoms with Gasteiger partial charge in [-0.3, -0.25) is 14.6 Å². The molecule has 31 heavy (non-hydrogen) atoms. The van der Waals surface area contributed by atoms with Gasteiger partial charge in [0, 0.05) is 36.7 Å². The van der Waals surface area contributed by atoms with E-state index in [9.17, 15) is 9.59 Å². The van der Waals surface area contributed by atoms with E-state index in [1.807, 2.05) is 24.3 Å². The lowest BCUT2D eigenvalue weighted by Gasteiger charge is -2.21. The van der Waals surface area contributed by atoms with Gasteiger partial charge in [0.15, 0.2) is 5.82 Å². The number of Topliss-reactive ketones (excluding diaryl/α,β-unsaturated/α-hetero) is 1. The third-order valence-electron chi connectivity index (χ3n) is 5.50. The number of nitrogens with zero attached hydrogens (tertiary/aromatic N) is 3. The van der Waals surface area contributed by atoms with E-state index in [-0.39, 0.29) is 17.5 Å². The lowest BCUT2D eigenvalue weighted by atomic mass is 9.86. The van der Waals surface area contributed by atoms with Gasteiger partial charge in [-0.05, 0) is 49.2 Å². The summed E-state index contributed by atoms with van der Waals surface area (Å²) in [7, 11) is 0. The van der Waals surface area contributed by atoms with E-state index in [1.54, 1.807) is 36.7 Å². The second kappa shape index (κ2) is 8.10. The molecule has 7 heteroatoms. The van der Waals surface area contributed by atoms with E-state index in [1.165, 1.54) is 0 Å². The van der Waals surface area contributed by atoms with E-state index in [0.717, 1.165) is 23.9 Å². The lowest BCUT2D eigenvalue weighted by Crippen LogP contribution is -2.15. The highest BCUT2D eigenvalue weighted by molar-refractivity contribution is 6.08. The molecule has 1 N–H and O–H groups in total. The standard InChI is InChI=1S/C24H20N4O3/c29-17-5-3-4-16(14-17)21-24(26-13-12-25-21)31-18-10-8-15(9-11-18)22(30)23-27-19-6-1-2-7-20(19)28-23/h1-2,6-13,16H,3-5,14H2,(H,27,28). The molecular formula is C24H20N4O3. The number of hydrogen-bond donors (Lipinski definition) is 1. The van der Waals surface area contributed by atoms with Crippen LogP contribution in [0.2, 0.25) is 0 Å². The average Bonchev–Trinajstić information content (AvgIpc) is 3.24. The SMILES string of the molecule is O=C1CCCC(c2nccnc2Oc2ccc(C(=O)c3nc4ccccc4[nH]3)cc2)C1. The van der Waals surface area contributed by atoms with Crippen LogP contribution in [0.5, 0.6) is 11.6 Å². The van der Waals surface area contributed by atoms with Crippen molar-refractivity contribution in [1.82, 2.24) is 19.9 Å². The second-order valence-corrected chi connectivity index (χ2v) is 7.64. The van der Waals surface area contributed by atoms with Gasteiger partial charge in [0.1, 0.15) is 17.2 Å². The van der Waals surface area contributed by atoms with Crippen LogP contribution in [0.3, 0.4) is 0 Å². The number of H-pyrrole nitrogens is 1. The number of ether oxygens (including phenoxy) is 1. The van der Waals surface area contributed by atoms with Gasteiger partial charge in [-0.25, -0.2) is 9.97 Å². The molecule has 0 bridgehead atoms. The van der Waals surface area contributed by atoms with Crippen LogP contribution in [-0.4, -0.2) is 31.5 Å². The molecule has 1 unspecified atom stereocenters. The minimum atomic E-state index is -0.191. The summed E-state index contributed by atoms with van der Waals surface area (Å²) in [6.07, 6.45) is 6.05. The number of rotatable bonds is 5. The molecule has 2 aromatic carbocycles. The number of imidazole rings is 1. The Labute approximate surface area is 178 Å². The van der Waals surface area contributed by atoms with Gasteiger partial charge in [0.2, 0.25) is 11.7 Å². The third kappa shape index (κ3) is 3.94. The molecule has 2 aromatic heterocycles. The molecule has 1 fully saturated rings. The Morgan fingerprint density at radius 2 is 1.84 bits per heavy atom. The minimum Gasteiger partial charge on any atom is -0.437 e. The number of ketones is 2. The molecule has 1 atom stereocenters. The summed E-state index contributed by atoms with van der Waals surface area (Å²) in [5.41, 5.74) is 2.78. The fourth-order valence-corrected chi connectivity index (χ4v) is 3.94. The van der Waals surface area contributed by atoms with Crippen LogP contribution in [0.1, 0.15) is 53.5 Å². The molecule has 4 aromatic rings. The molecule has 1 aliphatic rings. The topological polar surface area (TPSA) is 97.8 Å². The molecule has 2 heterocycles. The van der Waals surface area contributed by atoms with E-state index < -0.39 is 0 Å². The fraction of sp³-hybridized carbons (Fsp3) is 0.208. The highest BCUT2D eigenvalue weighted by atomic mass is 16.5. The van der Waals surface area contributed by atoms with Crippen molar-refractivity contribution in [3.63, 3.8) is 0 Å². The lowest BCUT2D eigenvalue weighted by molar-refractivity contribution is -0.120. The monoisotopic (exact) mass is 412 g/mol. The molecule has 1 aliphatic carbocycles. The molecule has 0 spiro atoms. The molecule has 0 saturated heterocycles. The Morgan fingerprint density at radius 1 is 1.03 bits per heavy atom.